The number of hydrogen-bond donors (Lipinski definition) is 0. The maximum Gasteiger partial charge on any atom is 0.134 e. The molecule has 5 aromatic carbocycles. The van der Waals surface area contributed by atoms with E-state index < -0.39 is 0 Å². The summed E-state index contributed by atoms with van der Waals surface area (Å²) < 4.78 is 11.3. The fraction of sp³-hybridized carbons (Fsp3) is 0.111. The quantitative estimate of drug-likeness (QED) is 0.201. The van der Waals surface area contributed by atoms with Crippen LogP contribution >= 0.6 is 0 Å². The summed E-state index contributed by atoms with van der Waals surface area (Å²) in [5, 5.41) is 0. The Morgan fingerprint density at radius 1 is 0.400 bits per heavy atom. The molecule has 0 aromatic heterocycles. The van der Waals surface area contributed by atoms with Gasteiger partial charge in [0.1, 0.15) is 34.6 Å². The second-order valence-corrected chi connectivity index (χ2v) is 9.03. The fourth-order valence-electron chi connectivity index (χ4n) is 3.56. The third-order valence-corrected chi connectivity index (χ3v) is 5.38. The molecule has 0 unspecified atom stereocenters. The number of ketones is 2. The first-order valence-corrected chi connectivity index (χ1v) is 13.1. The van der Waals surface area contributed by atoms with E-state index in [0.717, 1.165) is 34.1 Å². The smallest absolute Gasteiger partial charge is 0.134 e. The predicted molar refractivity (Wildman–Crippen MR) is 161 cm³/mol. The molecule has 202 valence electrons. The average molecular weight is 531 g/mol. The molecule has 0 bridgehead atoms. The molecule has 0 spiro atoms. The Bertz CT molecular complexity index is 1270. The zero-order valence-corrected chi connectivity index (χ0v) is 22.9. The van der Waals surface area contributed by atoms with Gasteiger partial charge in [0.2, 0.25) is 0 Å². The van der Waals surface area contributed by atoms with Gasteiger partial charge in [-0.2, -0.15) is 0 Å². The molecule has 40 heavy (non-hydrogen) atoms. The van der Waals surface area contributed by atoms with Crippen LogP contribution < -0.4 is 9.47 Å². The minimum absolute atomic E-state index is 0.168. The van der Waals surface area contributed by atoms with Crippen molar-refractivity contribution in [1.82, 2.24) is 0 Å². The molecule has 0 fully saturated rings. The normalized spacial score (nSPS) is 9.65. The van der Waals surface area contributed by atoms with E-state index in [1.165, 1.54) is 0 Å². The van der Waals surface area contributed by atoms with Crippen molar-refractivity contribution in [2.24, 2.45) is 0 Å². The predicted octanol–water partition coefficient (Wildman–Crippen LogP) is 8.91. The molecular weight excluding hydrogens is 496 g/mol. The van der Waals surface area contributed by atoms with Crippen LogP contribution in [0.4, 0.5) is 0 Å². The number of carbonyl (C=O) groups is 2. The molecule has 0 aliphatic rings. The SMILES string of the molecule is CC(=O)Cc1ccc(Oc2ccccc2)cc1.CC(=O)Cc1ccc(Oc2ccccc2)cc1.c1ccccc1. The van der Waals surface area contributed by atoms with E-state index >= 15 is 0 Å². The molecule has 0 heterocycles. The summed E-state index contributed by atoms with van der Waals surface area (Å²) in [6, 6.07) is 46.4. The van der Waals surface area contributed by atoms with Gasteiger partial charge in [0.05, 0.1) is 0 Å². The van der Waals surface area contributed by atoms with Gasteiger partial charge < -0.3 is 9.47 Å². The van der Waals surface area contributed by atoms with Gasteiger partial charge in [-0.05, 0) is 73.5 Å². The lowest BCUT2D eigenvalue weighted by Gasteiger charge is -2.05. The summed E-state index contributed by atoms with van der Waals surface area (Å²) in [4.78, 5) is 21.9. The van der Waals surface area contributed by atoms with E-state index in [1.54, 1.807) is 13.8 Å². The summed E-state index contributed by atoms with van der Waals surface area (Å²) in [7, 11) is 0. The lowest BCUT2D eigenvalue weighted by Crippen LogP contribution is -1.95. The Labute approximate surface area is 236 Å². The summed E-state index contributed by atoms with van der Waals surface area (Å²) >= 11 is 0. The van der Waals surface area contributed by atoms with Gasteiger partial charge in [-0.3, -0.25) is 9.59 Å². The number of hydrogen-bond acceptors (Lipinski definition) is 4. The van der Waals surface area contributed by atoms with E-state index in [4.69, 9.17) is 9.47 Å². The molecule has 0 aliphatic carbocycles. The zero-order chi connectivity index (χ0) is 28.4. The monoisotopic (exact) mass is 530 g/mol. The highest BCUT2D eigenvalue weighted by molar-refractivity contribution is 5.78. The van der Waals surface area contributed by atoms with Crippen LogP contribution in [0.5, 0.6) is 23.0 Å². The second-order valence-electron chi connectivity index (χ2n) is 9.03. The van der Waals surface area contributed by atoms with Gasteiger partial charge in [-0.1, -0.05) is 97.1 Å². The lowest BCUT2D eigenvalue weighted by molar-refractivity contribution is -0.117. The Hall–Kier alpha value is -4.96. The maximum atomic E-state index is 11.0. The van der Waals surface area contributed by atoms with Gasteiger partial charge in [-0.15, -0.1) is 0 Å². The summed E-state index contributed by atoms with van der Waals surface area (Å²) in [5.41, 5.74) is 2.02. The van der Waals surface area contributed by atoms with Crippen molar-refractivity contribution in [1.29, 1.82) is 0 Å². The van der Waals surface area contributed by atoms with Crippen LogP contribution in [0.25, 0.3) is 0 Å². The highest BCUT2D eigenvalue weighted by Crippen LogP contribution is 2.22. The first-order valence-electron chi connectivity index (χ1n) is 13.1. The standard InChI is InChI=1S/2C15H14O2.C6H6/c2*1-12(16)11-13-7-9-15(10-8-13)17-14-5-3-2-4-6-14;1-2-4-6-5-3-1/h2*2-10H,11H2,1H3;1-6H. The minimum atomic E-state index is 0.168. The van der Waals surface area contributed by atoms with E-state index in [9.17, 15) is 9.59 Å². The summed E-state index contributed by atoms with van der Waals surface area (Å²) in [6.07, 6.45) is 0.956. The molecule has 0 saturated heterocycles. The van der Waals surface area contributed by atoms with Crippen LogP contribution in [-0.2, 0) is 22.4 Å². The molecule has 5 aromatic rings. The highest BCUT2D eigenvalue weighted by Gasteiger charge is 2.01. The number of ether oxygens (including phenoxy) is 2. The van der Waals surface area contributed by atoms with Gasteiger partial charge in [0.15, 0.2) is 0 Å². The maximum absolute atomic E-state index is 11.0. The molecule has 5 rings (SSSR count). The summed E-state index contributed by atoms with van der Waals surface area (Å²) in [5.74, 6) is 3.52. The number of carbonyl (C=O) groups excluding carboxylic acids is 2. The highest BCUT2D eigenvalue weighted by atomic mass is 16.5. The Balaban J connectivity index is 0.000000183. The van der Waals surface area contributed by atoms with E-state index in [-0.39, 0.29) is 11.6 Å². The molecule has 0 saturated carbocycles. The lowest BCUT2D eigenvalue weighted by atomic mass is 10.1. The fourth-order valence-corrected chi connectivity index (χ4v) is 3.56. The number of para-hydroxylation sites is 2. The minimum Gasteiger partial charge on any atom is -0.457 e. The van der Waals surface area contributed by atoms with Crippen molar-refractivity contribution >= 4 is 11.6 Å². The Morgan fingerprint density at radius 2 is 0.650 bits per heavy atom. The van der Waals surface area contributed by atoms with Crippen molar-refractivity contribution in [3.05, 3.63) is 157 Å². The third kappa shape index (κ3) is 12.1. The zero-order valence-electron chi connectivity index (χ0n) is 22.9. The van der Waals surface area contributed by atoms with Crippen molar-refractivity contribution in [3.63, 3.8) is 0 Å². The van der Waals surface area contributed by atoms with Gasteiger partial charge in [0.25, 0.3) is 0 Å². The Kier molecular flexibility index (Phi) is 12.4. The molecule has 0 radical (unpaired) electrons. The van der Waals surface area contributed by atoms with Crippen LogP contribution in [0.2, 0.25) is 0 Å². The molecule has 0 aliphatic heterocycles. The van der Waals surface area contributed by atoms with E-state index in [0.29, 0.717) is 12.8 Å². The Morgan fingerprint density at radius 3 is 0.925 bits per heavy atom. The third-order valence-electron chi connectivity index (χ3n) is 5.38. The van der Waals surface area contributed by atoms with Crippen LogP contribution in [0, 0.1) is 0 Å². The number of Topliss-reactive ketones (excluding diaryl/α,β-unsaturated/α-hetero) is 2. The first-order chi connectivity index (χ1) is 19.5. The molecule has 4 heteroatoms. The van der Waals surface area contributed by atoms with Gasteiger partial charge in [0, 0.05) is 12.8 Å². The number of rotatable bonds is 8. The molecule has 0 amide bonds. The molecule has 4 nitrogen and oxygen atoms in total. The van der Waals surface area contributed by atoms with Gasteiger partial charge in [-0.25, -0.2) is 0 Å². The van der Waals surface area contributed by atoms with E-state index in [1.807, 2.05) is 146 Å². The van der Waals surface area contributed by atoms with Gasteiger partial charge >= 0.3 is 0 Å². The average Bonchev–Trinajstić information content (AvgIpc) is 2.97. The number of benzene rings is 5. The molecule has 0 N–H and O–H groups in total. The van der Waals surface area contributed by atoms with Crippen molar-refractivity contribution in [2.75, 3.05) is 0 Å². The molecular formula is C36H34O4. The van der Waals surface area contributed by atoms with Crippen molar-refractivity contribution < 1.29 is 19.1 Å². The van der Waals surface area contributed by atoms with Crippen LogP contribution in [0.1, 0.15) is 25.0 Å². The van der Waals surface area contributed by atoms with E-state index in [2.05, 4.69) is 0 Å². The van der Waals surface area contributed by atoms with Crippen LogP contribution in [-0.4, -0.2) is 11.6 Å². The summed E-state index contributed by atoms with van der Waals surface area (Å²) in [6.45, 7) is 3.18. The largest absolute Gasteiger partial charge is 0.457 e. The van der Waals surface area contributed by atoms with Crippen LogP contribution in [0.15, 0.2) is 146 Å². The molecule has 0 atom stereocenters. The van der Waals surface area contributed by atoms with Crippen LogP contribution in [0.3, 0.4) is 0 Å². The topological polar surface area (TPSA) is 52.6 Å². The van der Waals surface area contributed by atoms with Crippen molar-refractivity contribution in [2.45, 2.75) is 26.7 Å². The first kappa shape index (κ1) is 29.6. The van der Waals surface area contributed by atoms with Crippen molar-refractivity contribution in [3.8, 4) is 23.0 Å². The second kappa shape index (κ2) is 16.8.